The molecule has 0 aliphatic rings. The molecule has 2 aromatic carbocycles. The van der Waals surface area contributed by atoms with E-state index in [4.69, 9.17) is 0 Å². The van der Waals surface area contributed by atoms with Crippen LogP contribution in [0.1, 0.15) is 36.0 Å². The molecular formula is C19H23NO3S. The number of carbonyl (C=O) groups is 1. The third-order valence-electron chi connectivity index (χ3n) is 3.85. The van der Waals surface area contributed by atoms with Crippen molar-refractivity contribution < 1.29 is 13.2 Å². The molecule has 4 nitrogen and oxygen atoms in total. The van der Waals surface area contributed by atoms with Crippen molar-refractivity contribution in [3.63, 3.8) is 0 Å². The third kappa shape index (κ3) is 5.49. The van der Waals surface area contributed by atoms with Crippen molar-refractivity contribution in [3.8, 4) is 0 Å². The minimum atomic E-state index is -3.03. The van der Waals surface area contributed by atoms with Crippen molar-refractivity contribution in [1.29, 1.82) is 0 Å². The molecule has 2 rings (SSSR count). The first-order valence-electron chi connectivity index (χ1n) is 7.97. The van der Waals surface area contributed by atoms with Gasteiger partial charge >= 0.3 is 0 Å². The van der Waals surface area contributed by atoms with Gasteiger partial charge in [-0.1, -0.05) is 61.5 Å². The lowest BCUT2D eigenvalue weighted by molar-refractivity contribution is -0.122. The summed E-state index contributed by atoms with van der Waals surface area (Å²) < 4.78 is 22.6. The van der Waals surface area contributed by atoms with Gasteiger partial charge in [0.25, 0.3) is 0 Å². The summed E-state index contributed by atoms with van der Waals surface area (Å²) in [7, 11) is -3.03. The number of hydrogen-bond donors (Lipinski definition) is 1. The van der Waals surface area contributed by atoms with Crippen LogP contribution < -0.4 is 5.32 Å². The van der Waals surface area contributed by atoms with Crippen LogP contribution in [0.4, 0.5) is 0 Å². The maximum atomic E-state index is 12.4. The second-order valence-corrected chi connectivity index (χ2v) is 8.12. The maximum absolute atomic E-state index is 12.4. The van der Waals surface area contributed by atoms with Crippen LogP contribution in [-0.2, 0) is 26.9 Å². The maximum Gasteiger partial charge on any atom is 0.227 e. The highest BCUT2D eigenvalue weighted by Crippen LogP contribution is 2.19. The van der Waals surface area contributed by atoms with Gasteiger partial charge < -0.3 is 5.32 Å². The number of benzene rings is 2. The van der Waals surface area contributed by atoms with Crippen molar-refractivity contribution in [2.45, 2.75) is 31.6 Å². The second-order valence-electron chi connectivity index (χ2n) is 5.98. The van der Waals surface area contributed by atoms with Crippen molar-refractivity contribution in [3.05, 3.63) is 71.3 Å². The molecule has 128 valence electrons. The Hall–Kier alpha value is -2.14. The topological polar surface area (TPSA) is 63.2 Å². The highest BCUT2D eigenvalue weighted by molar-refractivity contribution is 7.89. The average Bonchev–Trinajstić information content (AvgIpc) is 2.54. The number of hydrogen-bond acceptors (Lipinski definition) is 3. The molecule has 24 heavy (non-hydrogen) atoms. The zero-order valence-electron chi connectivity index (χ0n) is 14.0. The smallest absolute Gasteiger partial charge is 0.227 e. The molecule has 5 heteroatoms. The third-order valence-corrected chi connectivity index (χ3v) is 4.70. The predicted octanol–water partition coefficient (Wildman–Crippen LogP) is 3.04. The van der Waals surface area contributed by atoms with Gasteiger partial charge in [0.15, 0.2) is 9.84 Å². The summed E-state index contributed by atoms with van der Waals surface area (Å²) in [4.78, 5) is 12.4. The first kappa shape index (κ1) is 18.2. The van der Waals surface area contributed by atoms with E-state index in [1.807, 2.05) is 49.4 Å². The quantitative estimate of drug-likeness (QED) is 0.839. The Balaban J connectivity index is 1.96. The van der Waals surface area contributed by atoms with Crippen molar-refractivity contribution in [2.75, 3.05) is 6.26 Å². The van der Waals surface area contributed by atoms with Crippen LogP contribution in [0.15, 0.2) is 54.6 Å². The Kier molecular flexibility index (Phi) is 6.15. The molecule has 0 spiro atoms. The predicted molar refractivity (Wildman–Crippen MR) is 96.3 cm³/mol. The zero-order valence-corrected chi connectivity index (χ0v) is 14.8. The van der Waals surface area contributed by atoms with E-state index >= 15 is 0 Å². The number of amides is 1. The molecule has 1 N–H and O–H groups in total. The minimum absolute atomic E-state index is 0.00362. The summed E-state index contributed by atoms with van der Waals surface area (Å²) in [6.45, 7) is 2.43. The molecule has 0 heterocycles. The summed E-state index contributed by atoms with van der Waals surface area (Å²) >= 11 is 0. The lowest BCUT2D eigenvalue weighted by Crippen LogP contribution is -2.28. The number of carbonyl (C=O) groups excluding carboxylic acids is 1. The van der Waals surface area contributed by atoms with Crippen LogP contribution in [0.2, 0.25) is 0 Å². The van der Waals surface area contributed by atoms with Gasteiger partial charge in [-0.05, 0) is 23.1 Å². The van der Waals surface area contributed by atoms with Crippen LogP contribution in [-0.4, -0.2) is 20.6 Å². The molecule has 0 aliphatic carbocycles. The van der Waals surface area contributed by atoms with Gasteiger partial charge in [-0.15, -0.1) is 0 Å². The molecule has 2 aromatic rings. The van der Waals surface area contributed by atoms with Crippen molar-refractivity contribution in [1.82, 2.24) is 5.32 Å². The Labute approximate surface area is 143 Å². The van der Waals surface area contributed by atoms with E-state index in [-0.39, 0.29) is 17.6 Å². The standard InChI is InChI=1S/C19H23NO3S/c1-3-18(17-7-5-4-6-8-17)19(21)20-13-15-9-11-16(12-10-15)14-24(2,22)23/h4-12,18H,3,13-14H2,1-2H3,(H,20,21). The molecule has 0 radical (unpaired) electrons. The fourth-order valence-corrected chi connectivity index (χ4v) is 3.42. The monoisotopic (exact) mass is 345 g/mol. The Morgan fingerprint density at radius 3 is 2.12 bits per heavy atom. The molecule has 0 saturated carbocycles. The van der Waals surface area contributed by atoms with Gasteiger partial charge in [0.1, 0.15) is 0 Å². The first-order chi connectivity index (χ1) is 11.4. The summed E-state index contributed by atoms with van der Waals surface area (Å²) in [6, 6.07) is 17.0. The Morgan fingerprint density at radius 2 is 1.58 bits per heavy atom. The van der Waals surface area contributed by atoms with Crippen molar-refractivity contribution in [2.24, 2.45) is 0 Å². The summed E-state index contributed by atoms with van der Waals surface area (Å²) in [6.07, 6.45) is 1.96. The number of sulfone groups is 1. The molecular weight excluding hydrogens is 322 g/mol. The largest absolute Gasteiger partial charge is 0.351 e. The molecule has 1 atom stereocenters. The van der Waals surface area contributed by atoms with Gasteiger partial charge in [-0.3, -0.25) is 4.79 Å². The zero-order chi connectivity index (χ0) is 17.6. The minimum Gasteiger partial charge on any atom is -0.351 e. The molecule has 1 amide bonds. The van der Waals surface area contributed by atoms with Gasteiger partial charge in [0.2, 0.25) is 5.91 Å². The lowest BCUT2D eigenvalue weighted by atomic mass is 9.95. The van der Waals surface area contributed by atoms with Crippen LogP contribution in [0.3, 0.4) is 0 Å². The highest BCUT2D eigenvalue weighted by atomic mass is 32.2. The fraction of sp³-hybridized carbons (Fsp3) is 0.316. The van der Waals surface area contributed by atoms with Gasteiger partial charge in [0.05, 0.1) is 11.7 Å². The molecule has 0 saturated heterocycles. The molecule has 0 aromatic heterocycles. The van der Waals surface area contributed by atoms with E-state index in [0.29, 0.717) is 6.54 Å². The molecule has 0 bridgehead atoms. The van der Waals surface area contributed by atoms with Gasteiger partial charge in [-0.2, -0.15) is 0 Å². The molecule has 0 aliphatic heterocycles. The summed E-state index contributed by atoms with van der Waals surface area (Å²) in [5.74, 6) is -0.120. The average molecular weight is 345 g/mol. The lowest BCUT2D eigenvalue weighted by Gasteiger charge is -2.15. The summed E-state index contributed by atoms with van der Waals surface area (Å²) in [5.41, 5.74) is 2.72. The van der Waals surface area contributed by atoms with Crippen LogP contribution in [0.25, 0.3) is 0 Å². The van der Waals surface area contributed by atoms with Crippen LogP contribution in [0.5, 0.6) is 0 Å². The van der Waals surface area contributed by atoms with E-state index in [1.165, 1.54) is 6.26 Å². The van der Waals surface area contributed by atoms with Gasteiger partial charge in [-0.25, -0.2) is 8.42 Å². The first-order valence-corrected chi connectivity index (χ1v) is 10.0. The molecule has 0 fully saturated rings. The van der Waals surface area contributed by atoms with E-state index in [1.54, 1.807) is 12.1 Å². The molecule has 1 unspecified atom stereocenters. The van der Waals surface area contributed by atoms with Crippen LogP contribution >= 0.6 is 0 Å². The second kappa shape index (κ2) is 8.11. The highest BCUT2D eigenvalue weighted by Gasteiger charge is 2.17. The fourth-order valence-electron chi connectivity index (χ4n) is 2.63. The van der Waals surface area contributed by atoms with E-state index in [0.717, 1.165) is 23.1 Å². The Bertz CT molecular complexity index is 768. The van der Waals surface area contributed by atoms with E-state index in [9.17, 15) is 13.2 Å². The number of rotatable bonds is 7. The SMILES string of the molecule is CCC(C(=O)NCc1ccc(CS(C)(=O)=O)cc1)c1ccccc1. The van der Waals surface area contributed by atoms with Gasteiger partial charge in [0, 0.05) is 12.8 Å². The normalized spacial score (nSPS) is 12.6. The van der Waals surface area contributed by atoms with Crippen molar-refractivity contribution >= 4 is 15.7 Å². The van der Waals surface area contributed by atoms with Crippen LogP contribution in [0, 0.1) is 0 Å². The Morgan fingerprint density at radius 1 is 1.00 bits per heavy atom. The summed E-state index contributed by atoms with van der Waals surface area (Å²) in [5, 5.41) is 2.96. The number of nitrogens with one attached hydrogen (secondary N) is 1. The van der Waals surface area contributed by atoms with E-state index in [2.05, 4.69) is 5.32 Å². The van der Waals surface area contributed by atoms with E-state index < -0.39 is 9.84 Å².